The van der Waals surface area contributed by atoms with Crippen molar-refractivity contribution in [3.63, 3.8) is 0 Å². The largest absolute Gasteiger partial charge is 0.454 e. The molecule has 0 radical (unpaired) electrons. The minimum Gasteiger partial charge on any atom is -0.454 e. The third-order valence-corrected chi connectivity index (χ3v) is 6.35. The summed E-state index contributed by atoms with van der Waals surface area (Å²) < 4.78 is 5.51. The summed E-state index contributed by atoms with van der Waals surface area (Å²) in [5.41, 5.74) is 3.06. The first-order chi connectivity index (χ1) is 13.9. The maximum Gasteiger partial charge on any atom is 0.306 e. The molecule has 0 spiro atoms. The monoisotopic (exact) mass is 409 g/mol. The van der Waals surface area contributed by atoms with Crippen LogP contribution in [0.1, 0.15) is 47.7 Å². The first-order valence-corrected chi connectivity index (χ1v) is 10.5. The Morgan fingerprint density at radius 1 is 1.28 bits per heavy atom. The lowest BCUT2D eigenvalue weighted by Crippen LogP contribution is -2.17. The van der Waals surface area contributed by atoms with Gasteiger partial charge in [-0.25, -0.2) is 4.98 Å². The Bertz CT molecular complexity index is 1250. The van der Waals surface area contributed by atoms with Crippen molar-refractivity contribution in [3.05, 3.63) is 62.6 Å². The molecule has 29 heavy (non-hydrogen) atoms. The van der Waals surface area contributed by atoms with E-state index in [0.717, 1.165) is 22.4 Å². The molecule has 0 bridgehead atoms. The van der Waals surface area contributed by atoms with E-state index in [-0.39, 0.29) is 11.5 Å². The van der Waals surface area contributed by atoms with Crippen LogP contribution in [0.25, 0.3) is 21.1 Å². The van der Waals surface area contributed by atoms with Gasteiger partial charge in [-0.2, -0.15) is 0 Å². The first kappa shape index (κ1) is 19.4. The summed E-state index contributed by atoms with van der Waals surface area (Å²) in [6.07, 6.45) is 3.19. The standard InChI is InChI=1S/C22H23N3O3S/c1-12-14(3)29-22-19(12)21(27)24-20(25-22)13(2)28-18(26)10-6-7-15-11-23-17-9-5-4-8-16(15)17/h4-5,8-9,11,13,23H,6-7,10H2,1-3H3,(H,24,25,27)/t13-/m1/s1. The van der Waals surface area contributed by atoms with E-state index in [0.29, 0.717) is 28.9 Å². The summed E-state index contributed by atoms with van der Waals surface area (Å²) in [7, 11) is 0. The van der Waals surface area contributed by atoms with Gasteiger partial charge in [-0.05, 0) is 50.8 Å². The molecule has 0 amide bonds. The van der Waals surface area contributed by atoms with Crippen molar-refractivity contribution in [2.45, 2.75) is 46.1 Å². The average Bonchev–Trinajstić information content (AvgIpc) is 3.23. The van der Waals surface area contributed by atoms with Crippen molar-refractivity contribution in [1.29, 1.82) is 0 Å². The number of fused-ring (bicyclic) bond motifs is 2. The number of esters is 1. The number of aromatic amines is 2. The van der Waals surface area contributed by atoms with E-state index in [2.05, 4.69) is 21.0 Å². The maximum atomic E-state index is 12.4. The van der Waals surface area contributed by atoms with Crippen LogP contribution >= 0.6 is 11.3 Å². The van der Waals surface area contributed by atoms with E-state index in [1.54, 1.807) is 6.92 Å². The van der Waals surface area contributed by atoms with Gasteiger partial charge in [-0.15, -0.1) is 11.3 Å². The van der Waals surface area contributed by atoms with E-state index in [4.69, 9.17) is 4.74 Å². The van der Waals surface area contributed by atoms with E-state index in [1.165, 1.54) is 22.3 Å². The fourth-order valence-electron chi connectivity index (χ4n) is 3.54. The summed E-state index contributed by atoms with van der Waals surface area (Å²) in [5.74, 6) is 0.0901. The van der Waals surface area contributed by atoms with Crippen LogP contribution in [0.15, 0.2) is 35.3 Å². The van der Waals surface area contributed by atoms with Gasteiger partial charge in [0.2, 0.25) is 0 Å². The van der Waals surface area contributed by atoms with Crippen molar-refractivity contribution >= 4 is 38.4 Å². The van der Waals surface area contributed by atoms with Crippen molar-refractivity contribution in [1.82, 2.24) is 15.0 Å². The predicted molar refractivity (Wildman–Crippen MR) is 115 cm³/mol. The summed E-state index contributed by atoms with van der Waals surface area (Å²) in [5, 5.41) is 1.80. The highest BCUT2D eigenvalue weighted by Crippen LogP contribution is 2.27. The van der Waals surface area contributed by atoms with Crippen LogP contribution in [0.4, 0.5) is 0 Å². The summed E-state index contributed by atoms with van der Waals surface area (Å²) in [4.78, 5) is 37.0. The van der Waals surface area contributed by atoms with E-state index in [1.807, 2.05) is 38.2 Å². The van der Waals surface area contributed by atoms with E-state index >= 15 is 0 Å². The van der Waals surface area contributed by atoms with Crippen molar-refractivity contribution in [2.24, 2.45) is 0 Å². The lowest BCUT2D eigenvalue weighted by Gasteiger charge is -2.12. The van der Waals surface area contributed by atoms with Crippen LogP contribution in [0.3, 0.4) is 0 Å². The Kier molecular flexibility index (Phi) is 5.24. The molecule has 0 saturated heterocycles. The van der Waals surface area contributed by atoms with Gasteiger partial charge in [0.05, 0.1) is 5.39 Å². The fourth-order valence-corrected chi connectivity index (χ4v) is 4.57. The molecule has 0 fully saturated rings. The molecule has 0 aliphatic carbocycles. The van der Waals surface area contributed by atoms with Crippen LogP contribution in [-0.4, -0.2) is 20.9 Å². The van der Waals surface area contributed by atoms with Gasteiger partial charge in [0, 0.05) is 28.4 Å². The normalized spacial score (nSPS) is 12.5. The minimum absolute atomic E-state index is 0.186. The van der Waals surface area contributed by atoms with Crippen molar-refractivity contribution in [2.75, 3.05) is 0 Å². The summed E-state index contributed by atoms with van der Waals surface area (Å²) >= 11 is 1.48. The molecule has 4 aromatic rings. The number of para-hydroxylation sites is 1. The fraction of sp³-hybridized carbons (Fsp3) is 0.318. The highest BCUT2D eigenvalue weighted by molar-refractivity contribution is 7.18. The molecule has 0 aliphatic rings. The summed E-state index contributed by atoms with van der Waals surface area (Å²) in [6, 6.07) is 8.12. The van der Waals surface area contributed by atoms with Gasteiger partial charge in [-0.1, -0.05) is 18.2 Å². The van der Waals surface area contributed by atoms with Crippen LogP contribution in [0, 0.1) is 13.8 Å². The van der Waals surface area contributed by atoms with Crippen LogP contribution in [0.5, 0.6) is 0 Å². The Morgan fingerprint density at radius 2 is 2.07 bits per heavy atom. The zero-order chi connectivity index (χ0) is 20.5. The number of benzene rings is 1. The predicted octanol–water partition coefficient (Wildman–Crippen LogP) is 4.71. The topological polar surface area (TPSA) is 87.8 Å². The lowest BCUT2D eigenvalue weighted by molar-refractivity contribution is -0.149. The molecule has 4 rings (SSSR count). The van der Waals surface area contributed by atoms with Crippen LogP contribution in [0.2, 0.25) is 0 Å². The number of aryl methyl sites for hydroxylation is 3. The summed E-state index contributed by atoms with van der Waals surface area (Å²) in [6.45, 7) is 5.62. The Morgan fingerprint density at radius 3 is 2.90 bits per heavy atom. The molecule has 150 valence electrons. The first-order valence-electron chi connectivity index (χ1n) is 9.68. The number of nitrogens with one attached hydrogen (secondary N) is 2. The maximum absolute atomic E-state index is 12.4. The highest BCUT2D eigenvalue weighted by Gasteiger charge is 2.18. The molecule has 0 saturated carbocycles. The minimum atomic E-state index is -0.601. The van der Waals surface area contributed by atoms with E-state index in [9.17, 15) is 9.59 Å². The average molecular weight is 410 g/mol. The molecule has 7 heteroatoms. The highest BCUT2D eigenvalue weighted by atomic mass is 32.1. The molecule has 3 aromatic heterocycles. The third-order valence-electron chi connectivity index (χ3n) is 5.25. The second-order valence-corrected chi connectivity index (χ2v) is 8.46. The van der Waals surface area contributed by atoms with Gasteiger partial charge < -0.3 is 14.7 Å². The zero-order valence-electron chi connectivity index (χ0n) is 16.7. The van der Waals surface area contributed by atoms with Crippen LogP contribution in [-0.2, 0) is 16.0 Å². The zero-order valence-corrected chi connectivity index (χ0v) is 17.5. The Labute approximate surface area is 171 Å². The van der Waals surface area contributed by atoms with Crippen molar-refractivity contribution < 1.29 is 9.53 Å². The second kappa shape index (κ2) is 7.83. The van der Waals surface area contributed by atoms with Gasteiger partial charge in [0.15, 0.2) is 11.9 Å². The quantitative estimate of drug-likeness (QED) is 0.452. The number of thiophene rings is 1. The lowest BCUT2D eigenvalue weighted by atomic mass is 10.1. The number of aromatic nitrogens is 3. The Balaban J connectivity index is 1.38. The molecular weight excluding hydrogens is 386 g/mol. The molecule has 3 heterocycles. The van der Waals surface area contributed by atoms with Crippen molar-refractivity contribution in [3.8, 4) is 0 Å². The third kappa shape index (κ3) is 3.82. The van der Waals surface area contributed by atoms with Gasteiger partial charge in [0.1, 0.15) is 4.83 Å². The number of ether oxygens (including phenoxy) is 1. The molecule has 2 N–H and O–H groups in total. The van der Waals surface area contributed by atoms with Gasteiger partial charge >= 0.3 is 5.97 Å². The number of hydrogen-bond acceptors (Lipinski definition) is 5. The van der Waals surface area contributed by atoms with E-state index < -0.39 is 6.10 Å². The smallest absolute Gasteiger partial charge is 0.306 e. The molecular formula is C22H23N3O3S. The SMILES string of the molecule is Cc1sc2nc([C@@H](C)OC(=O)CCCc3c[nH]c4ccccc34)[nH]c(=O)c2c1C. The molecule has 0 aliphatic heterocycles. The van der Waals surface area contributed by atoms with Gasteiger partial charge in [0.25, 0.3) is 5.56 Å². The molecule has 6 nitrogen and oxygen atoms in total. The number of carbonyl (C=O) groups is 1. The number of nitrogens with zero attached hydrogens (tertiary/aromatic N) is 1. The number of H-pyrrole nitrogens is 2. The molecule has 1 aromatic carbocycles. The second-order valence-electron chi connectivity index (χ2n) is 7.26. The Hall–Kier alpha value is -2.93. The molecule has 0 unspecified atom stereocenters. The van der Waals surface area contributed by atoms with Gasteiger partial charge in [-0.3, -0.25) is 9.59 Å². The molecule has 1 atom stereocenters. The number of rotatable bonds is 6. The van der Waals surface area contributed by atoms with Crippen LogP contribution < -0.4 is 5.56 Å². The number of carbonyl (C=O) groups excluding carboxylic acids is 1. The number of hydrogen-bond donors (Lipinski definition) is 2.